The predicted octanol–water partition coefficient (Wildman–Crippen LogP) is 2.49. The van der Waals surface area contributed by atoms with Gasteiger partial charge in [0.25, 0.3) is 0 Å². The predicted molar refractivity (Wildman–Crippen MR) is 75.2 cm³/mol. The lowest BCUT2D eigenvalue weighted by molar-refractivity contribution is 0.466. The molecule has 1 N–H and O–H groups in total. The molecule has 0 aliphatic rings. The van der Waals surface area contributed by atoms with Gasteiger partial charge in [0.2, 0.25) is 10.0 Å². The van der Waals surface area contributed by atoms with Crippen LogP contribution in [-0.2, 0) is 10.0 Å². The summed E-state index contributed by atoms with van der Waals surface area (Å²) in [5, 5.41) is 3.20. The van der Waals surface area contributed by atoms with Gasteiger partial charge in [-0.2, -0.15) is 4.31 Å². The highest BCUT2D eigenvalue weighted by Crippen LogP contribution is 2.34. The molecule has 0 aliphatic carbocycles. The van der Waals surface area contributed by atoms with Crippen LogP contribution in [0.1, 0.15) is 0 Å². The fourth-order valence-corrected chi connectivity index (χ4v) is 3.98. The van der Waals surface area contributed by atoms with Gasteiger partial charge >= 0.3 is 0 Å². The van der Waals surface area contributed by atoms with E-state index in [1.807, 2.05) is 0 Å². The first-order chi connectivity index (χ1) is 8.30. The van der Waals surface area contributed by atoms with E-state index < -0.39 is 10.0 Å². The molecule has 0 bridgehead atoms. The zero-order valence-corrected chi connectivity index (χ0v) is 13.0. The quantitative estimate of drug-likeness (QED) is 0.902. The number of sulfonamides is 1. The molecule has 0 aromatic heterocycles. The summed E-state index contributed by atoms with van der Waals surface area (Å²) in [5.41, 5.74) is 0. The molecule has 1 rings (SSSR count). The number of nitrogens with zero attached hydrogens (tertiary/aromatic N) is 1. The number of hydrogen-bond donors (Lipinski definition) is 1. The molecule has 0 aliphatic heterocycles. The molecule has 0 fully saturated rings. The average Bonchev–Trinajstić information content (AvgIpc) is 2.23. The minimum absolute atomic E-state index is 0.0174. The lowest BCUT2D eigenvalue weighted by atomic mass is 10.4. The molecular weight excluding hydrogens is 319 g/mol. The van der Waals surface area contributed by atoms with Gasteiger partial charge in [0, 0.05) is 25.2 Å². The number of hydrogen-bond acceptors (Lipinski definition) is 3. The second kappa shape index (κ2) is 6.41. The van der Waals surface area contributed by atoms with Crippen LogP contribution >= 0.6 is 34.8 Å². The summed E-state index contributed by atoms with van der Waals surface area (Å²) in [6, 6.07) is 2.71. The van der Waals surface area contributed by atoms with Gasteiger partial charge in [-0.05, 0) is 19.2 Å². The fraction of sp³-hybridized carbons (Fsp3) is 0.400. The summed E-state index contributed by atoms with van der Waals surface area (Å²) < 4.78 is 25.7. The first-order valence-corrected chi connectivity index (χ1v) is 7.63. The van der Waals surface area contributed by atoms with Gasteiger partial charge in [0.05, 0.1) is 10.0 Å². The fourth-order valence-electron chi connectivity index (χ4n) is 1.32. The summed E-state index contributed by atoms with van der Waals surface area (Å²) >= 11 is 17.6. The molecular formula is C10H13Cl3N2O2S. The van der Waals surface area contributed by atoms with E-state index in [1.165, 1.54) is 23.5 Å². The largest absolute Gasteiger partial charge is 0.318 e. The monoisotopic (exact) mass is 330 g/mol. The van der Waals surface area contributed by atoms with Crippen LogP contribution in [0, 0.1) is 0 Å². The molecule has 8 heteroatoms. The van der Waals surface area contributed by atoms with E-state index in [1.54, 1.807) is 7.05 Å². The van der Waals surface area contributed by atoms with Crippen LogP contribution in [0.4, 0.5) is 0 Å². The Morgan fingerprint density at radius 2 is 1.72 bits per heavy atom. The van der Waals surface area contributed by atoms with Crippen molar-refractivity contribution in [3.8, 4) is 0 Å². The first-order valence-electron chi connectivity index (χ1n) is 5.06. The van der Waals surface area contributed by atoms with Crippen LogP contribution in [0.25, 0.3) is 0 Å². The van der Waals surface area contributed by atoms with Crippen molar-refractivity contribution in [3.05, 3.63) is 27.2 Å². The van der Waals surface area contributed by atoms with Gasteiger partial charge in [0.15, 0.2) is 0 Å². The second-order valence-electron chi connectivity index (χ2n) is 3.63. The Kier molecular flexibility index (Phi) is 5.70. The zero-order valence-electron chi connectivity index (χ0n) is 9.87. The Morgan fingerprint density at radius 1 is 1.22 bits per heavy atom. The Balaban J connectivity index is 3.20. The third-order valence-electron chi connectivity index (χ3n) is 2.31. The maximum atomic E-state index is 12.3. The van der Waals surface area contributed by atoms with Crippen LogP contribution in [0.5, 0.6) is 0 Å². The highest BCUT2D eigenvalue weighted by molar-refractivity contribution is 7.89. The third kappa shape index (κ3) is 3.50. The summed E-state index contributed by atoms with van der Waals surface area (Å²) in [6.07, 6.45) is 0. The van der Waals surface area contributed by atoms with Crippen LogP contribution in [-0.4, -0.2) is 39.9 Å². The molecule has 0 spiro atoms. The lowest BCUT2D eigenvalue weighted by Crippen LogP contribution is -2.33. The van der Waals surface area contributed by atoms with E-state index in [2.05, 4.69) is 5.32 Å². The second-order valence-corrected chi connectivity index (χ2v) is 6.86. The van der Waals surface area contributed by atoms with E-state index >= 15 is 0 Å². The first kappa shape index (κ1) is 16.0. The van der Waals surface area contributed by atoms with Gasteiger partial charge in [-0.3, -0.25) is 0 Å². The van der Waals surface area contributed by atoms with Crippen LogP contribution in [0.3, 0.4) is 0 Å². The Hall–Kier alpha value is -0.0400. The van der Waals surface area contributed by atoms with Crippen molar-refractivity contribution >= 4 is 44.8 Å². The molecule has 1 aromatic rings. The van der Waals surface area contributed by atoms with Crippen molar-refractivity contribution in [2.75, 3.05) is 27.2 Å². The zero-order chi connectivity index (χ0) is 13.9. The average molecular weight is 332 g/mol. The van der Waals surface area contributed by atoms with Crippen molar-refractivity contribution in [3.63, 3.8) is 0 Å². The maximum absolute atomic E-state index is 12.3. The highest BCUT2D eigenvalue weighted by atomic mass is 35.5. The van der Waals surface area contributed by atoms with Gasteiger partial charge in [-0.25, -0.2) is 8.42 Å². The molecule has 1 aromatic carbocycles. The topological polar surface area (TPSA) is 49.4 Å². The molecule has 0 heterocycles. The highest BCUT2D eigenvalue weighted by Gasteiger charge is 2.26. The summed E-state index contributed by atoms with van der Waals surface area (Å²) in [6.45, 7) is 0.840. The Bertz CT molecular complexity index is 511. The lowest BCUT2D eigenvalue weighted by Gasteiger charge is -2.18. The van der Waals surface area contributed by atoms with E-state index in [9.17, 15) is 8.42 Å². The Morgan fingerprint density at radius 3 is 2.17 bits per heavy atom. The minimum Gasteiger partial charge on any atom is -0.318 e. The minimum atomic E-state index is -3.72. The van der Waals surface area contributed by atoms with Gasteiger partial charge in [-0.15, -0.1) is 0 Å². The van der Waals surface area contributed by atoms with Crippen LogP contribution in [0.2, 0.25) is 15.1 Å². The van der Waals surface area contributed by atoms with E-state index in [0.717, 1.165) is 0 Å². The number of nitrogens with one attached hydrogen (secondary N) is 1. The van der Waals surface area contributed by atoms with Gasteiger partial charge in [0.1, 0.15) is 4.90 Å². The van der Waals surface area contributed by atoms with E-state index in [-0.39, 0.29) is 14.9 Å². The number of rotatable bonds is 5. The standard InChI is InChI=1S/C10H13Cl3N2O2S/c1-14-3-4-15(2)18(16,17)10-8(12)5-7(11)6-9(10)13/h5-6,14H,3-4H2,1-2H3. The molecule has 0 radical (unpaired) electrons. The van der Waals surface area contributed by atoms with Gasteiger partial charge in [-0.1, -0.05) is 34.8 Å². The van der Waals surface area contributed by atoms with Crippen molar-refractivity contribution in [1.82, 2.24) is 9.62 Å². The van der Waals surface area contributed by atoms with E-state index in [0.29, 0.717) is 18.1 Å². The molecule has 0 saturated heterocycles. The SMILES string of the molecule is CNCCN(C)S(=O)(=O)c1c(Cl)cc(Cl)cc1Cl. The van der Waals surface area contributed by atoms with Crippen molar-refractivity contribution in [2.45, 2.75) is 4.90 Å². The number of halogens is 3. The van der Waals surface area contributed by atoms with Crippen molar-refractivity contribution in [2.24, 2.45) is 0 Å². The summed E-state index contributed by atoms with van der Waals surface area (Å²) in [5.74, 6) is 0. The third-order valence-corrected chi connectivity index (χ3v) is 5.31. The van der Waals surface area contributed by atoms with Gasteiger partial charge < -0.3 is 5.32 Å². The normalized spacial score (nSPS) is 12.1. The molecule has 0 saturated carbocycles. The number of likely N-dealkylation sites (N-methyl/N-ethyl adjacent to an activating group) is 2. The smallest absolute Gasteiger partial charge is 0.245 e. The molecule has 0 unspecified atom stereocenters. The van der Waals surface area contributed by atoms with Crippen molar-refractivity contribution in [1.29, 1.82) is 0 Å². The summed E-state index contributed by atoms with van der Waals surface area (Å²) in [7, 11) is -0.514. The summed E-state index contributed by atoms with van der Waals surface area (Å²) in [4.78, 5) is -0.117. The maximum Gasteiger partial charge on any atom is 0.245 e. The molecule has 0 amide bonds. The van der Waals surface area contributed by atoms with Crippen molar-refractivity contribution < 1.29 is 8.42 Å². The van der Waals surface area contributed by atoms with E-state index in [4.69, 9.17) is 34.8 Å². The van der Waals surface area contributed by atoms with Crippen LogP contribution < -0.4 is 5.32 Å². The molecule has 0 atom stereocenters. The molecule has 18 heavy (non-hydrogen) atoms. The van der Waals surface area contributed by atoms with Crippen LogP contribution in [0.15, 0.2) is 17.0 Å². The number of benzene rings is 1. The molecule has 4 nitrogen and oxygen atoms in total. The molecule has 102 valence electrons. The Labute approximate surface area is 122 Å².